The van der Waals surface area contributed by atoms with Crippen LogP contribution in [0.1, 0.15) is 19.4 Å². The van der Waals surface area contributed by atoms with E-state index in [1.54, 1.807) is 24.1 Å². The number of nitrogens with two attached hydrogens (primary N) is 1. The Morgan fingerprint density at radius 2 is 2.05 bits per heavy atom. The zero-order valence-corrected chi connectivity index (χ0v) is 11.5. The number of para-hydroxylation sites is 1. The molecular formula is C14H18N4O. The number of nitriles is 1. The van der Waals surface area contributed by atoms with Gasteiger partial charge in [0.15, 0.2) is 0 Å². The van der Waals surface area contributed by atoms with Crippen LogP contribution in [0.25, 0.3) is 0 Å². The molecule has 1 amide bonds. The second-order valence-electron chi connectivity index (χ2n) is 5.29. The predicted octanol–water partition coefficient (Wildman–Crippen LogP) is 1.20. The van der Waals surface area contributed by atoms with Crippen molar-refractivity contribution in [3.05, 3.63) is 23.8 Å². The second kappa shape index (κ2) is 4.47. The number of hydrogen-bond donors (Lipinski definition) is 1. The minimum Gasteiger partial charge on any atom is -0.396 e. The topological polar surface area (TPSA) is 73.4 Å². The normalized spacial score (nSPS) is 18.3. The zero-order valence-electron chi connectivity index (χ0n) is 11.5. The number of carbonyl (C=O) groups is 1. The van der Waals surface area contributed by atoms with Gasteiger partial charge in [0, 0.05) is 20.1 Å². The van der Waals surface area contributed by atoms with Crippen molar-refractivity contribution in [3.8, 4) is 6.07 Å². The minimum absolute atomic E-state index is 0.0560. The maximum Gasteiger partial charge on any atom is 0.247 e. The van der Waals surface area contributed by atoms with Crippen molar-refractivity contribution in [3.63, 3.8) is 0 Å². The molecule has 0 unspecified atom stereocenters. The highest BCUT2D eigenvalue weighted by Crippen LogP contribution is 2.34. The second-order valence-corrected chi connectivity index (χ2v) is 5.29. The van der Waals surface area contributed by atoms with Crippen molar-refractivity contribution in [2.45, 2.75) is 19.4 Å². The van der Waals surface area contributed by atoms with Gasteiger partial charge in [0.2, 0.25) is 5.91 Å². The molecule has 0 aromatic heterocycles. The highest BCUT2D eigenvalue weighted by atomic mass is 16.2. The standard InChI is InChI=1S/C14H18N4O/c1-14(2)13(19)17(3)7-8-18(14)11-6-4-5-10(9-15)12(11)16/h4-6H,7-8,16H2,1-3H3. The number of hydrogen-bond acceptors (Lipinski definition) is 4. The van der Waals surface area contributed by atoms with E-state index in [0.717, 1.165) is 5.69 Å². The molecule has 2 rings (SSSR count). The van der Waals surface area contributed by atoms with E-state index in [1.165, 1.54) is 0 Å². The van der Waals surface area contributed by atoms with E-state index in [4.69, 9.17) is 11.0 Å². The van der Waals surface area contributed by atoms with Crippen molar-refractivity contribution in [1.29, 1.82) is 5.26 Å². The van der Waals surface area contributed by atoms with E-state index in [-0.39, 0.29) is 5.91 Å². The molecule has 5 heteroatoms. The van der Waals surface area contributed by atoms with Gasteiger partial charge in [-0.25, -0.2) is 0 Å². The average molecular weight is 258 g/mol. The maximum absolute atomic E-state index is 12.3. The Morgan fingerprint density at radius 1 is 1.37 bits per heavy atom. The number of rotatable bonds is 1. The van der Waals surface area contributed by atoms with E-state index in [2.05, 4.69) is 6.07 Å². The van der Waals surface area contributed by atoms with Crippen LogP contribution in [0.2, 0.25) is 0 Å². The minimum atomic E-state index is -0.658. The van der Waals surface area contributed by atoms with Crippen LogP contribution in [0.4, 0.5) is 11.4 Å². The molecule has 1 fully saturated rings. The van der Waals surface area contributed by atoms with E-state index in [9.17, 15) is 4.79 Å². The number of nitrogens with zero attached hydrogens (tertiary/aromatic N) is 3. The molecule has 0 bridgehead atoms. The summed E-state index contributed by atoms with van der Waals surface area (Å²) in [5.41, 5.74) is 7.02. The molecule has 0 saturated carbocycles. The van der Waals surface area contributed by atoms with Gasteiger partial charge in [-0.1, -0.05) is 6.07 Å². The first-order valence-corrected chi connectivity index (χ1v) is 6.21. The van der Waals surface area contributed by atoms with Gasteiger partial charge in [0.1, 0.15) is 11.6 Å². The molecule has 1 aromatic rings. The molecule has 1 heterocycles. The fourth-order valence-electron chi connectivity index (χ4n) is 2.52. The summed E-state index contributed by atoms with van der Waals surface area (Å²) >= 11 is 0. The summed E-state index contributed by atoms with van der Waals surface area (Å²) in [6.07, 6.45) is 0. The lowest BCUT2D eigenvalue weighted by molar-refractivity contribution is -0.136. The van der Waals surface area contributed by atoms with Crippen LogP contribution >= 0.6 is 0 Å². The summed E-state index contributed by atoms with van der Waals surface area (Å²) in [4.78, 5) is 16.0. The van der Waals surface area contributed by atoms with Gasteiger partial charge >= 0.3 is 0 Å². The molecule has 1 saturated heterocycles. The molecular weight excluding hydrogens is 240 g/mol. The number of nitrogen functional groups attached to an aromatic ring is 1. The number of anilines is 2. The van der Waals surface area contributed by atoms with Crippen LogP contribution in [0.3, 0.4) is 0 Å². The third kappa shape index (κ3) is 1.99. The quantitative estimate of drug-likeness (QED) is 0.768. The first kappa shape index (κ1) is 13.2. The average Bonchev–Trinajstić information content (AvgIpc) is 2.37. The Morgan fingerprint density at radius 3 is 2.68 bits per heavy atom. The van der Waals surface area contributed by atoms with Crippen LogP contribution < -0.4 is 10.6 Å². The maximum atomic E-state index is 12.3. The summed E-state index contributed by atoms with van der Waals surface area (Å²) < 4.78 is 0. The van der Waals surface area contributed by atoms with Crippen molar-refractivity contribution >= 4 is 17.3 Å². The third-order valence-electron chi connectivity index (χ3n) is 3.70. The lowest BCUT2D eigenvalue weighted by Crippen LogP contribution is -2.62. The molecule has 0 atom stereocenters. The molecule has 19 heavy (non-hydrogen) atoms. The molecule has 1 aliphatic heterocycles. The summed E-state index contributed by atoms with van der Waals surface area (Å²) in [6.45, 7) is 5.11. The number of amides is 1. The number of piperazine rings is 1. The summed E-state index contributed by atoms with van der Waals surface area (Å²) in [5.74, 6) is 0.0560. The van der Waals surface area contributed by atoms with Gasteiger partial charge in [-0.3, -0.25) is 4.79 Å². The fraction of sp³-hybridized carbons (Fsp3) is 0.429. The van der Waals surface area contributed by atoms with Crippen molar-refractivity contribution in [2.75, 3.05) is 30.8 Å². The molecule has 1 aromatic carbocycles. The van der Waals surface area contributed by atoms with Gasteiger partial charge in [0.05, 0.1) is 16.9 Å². The summed E-state index contributed by atoms with van der Waals surface area (Å²) in [6, 6.07) is 7.41. The summed E-state index contributed by atoms with van der Waals surface area (Å²) in [7, 11) is 1.80. The molecule has 0 aliphatic carbocycles. The lowest BCUT2D eigenvalue weighted by atomic mass is 9.96. The van der Waals surface area contributed by atoms with Crippen molar-refractivity contribution < 1.29 is 4.79 Å². The van der Waals surface area contributed by atoms with E-state index >= 15 is 0 Å². The number of carbonyl (C=O) groups excluding carboxylic acids is 1. The molecule has 100 valence electrons. The van der Waals surface area contributed by atoms with Crippen LogP contribution in [-0.4, -0.2) is 36.5 Å². The van der Waals surface area contributed by atoms with Gasteiger partial charge in [-0.2, -0.15) is 5.26 Å². The Balaban J connectivity index is 2.48. The summed E-state index contributed by atoms with van der Waals surface area (Å²) in [5, 5.41) is 9.04. The van der Waals surface area contributed by atoms with Crippen LogP contribution in [0.15, 0.2) is 18.2 Å². The Bertz CT molecular complexity index is 559. The fourth-order valence-corrected chi connectivity index (χ4v) is 2.52. The molecule has 0 spiro atoms. The van der Waals surface area contributed by atoms with E-state index in [0.29, 0.717) is 24.3 Å². The van der Waals surface area contributed by atoms with Crippen molar-refractivity contribution in [1.82, 2.24) is 4.90 Å². The zero-order chi connectivity index (χ0) is 14.2. The van der Waals surface area contributed by atoms with Crippen LogP contribution in [0, 0.1) is 11.3 Å². The van der Waals surface area contributed by atoms with Gasteiger partial charge in [0.25, 0.3) is 0 Å². The van der Waals surface area contributed by atoms with E-state index in [1.807, 2.05) is 24.8 Å². The highest BCUT2D eigenvalue weighted by molar-refractivity contribution is 5.92. The third-order valence-corrected chi connectivity index (χ3v) is 3.70. The smallest absolute Gasteiger partial charge is 0.247 e. The Labute approximate surface area is 113 Å². The molecule has 1 aliphatic rings. The lowest BCUT2D eigenvalue weighted by Gasteiger charge is -2.46. The molecule has 0 radical (unpaired) electrons. The molecule has 2 N–H and O–H groups in total. The predicted molar refractivity (Wildman–Crippen MR) is 74.6 cm³/mol. The van der Waals surface area contributed by atoms with Crippen LogP contribution in [-0.2, 0) is 4.79 Å². The SMILES string of the molecule is CN1CCN(c2cccc(C#N)c2N)C(C)(C)C1=O. The number of benzene rings is 1. The highest BCUT2D eigenvalue weighted by Gasteiger charge is 2.41. The van der Waals surface area contributed by atoms with Crippen molar-refractivity contribution in [2.24, 2.45) is 0 Å². The Hall–Kier alpha value is -2.22. The first-order valence-electron chi connectivity index (χ1n) is 6.21. The van der Waals surface area contributed by atoms with Gasteiger partial charge in [-0.15, -0.1) is 0 Å². The molecule has 5 nitrogen and oxygen atoms in total. The largest absolute Gasteiger partial charge is 0.396 e. The van der Waals surface area contributed by atoms with Gasteiger partial charge in [-0.05, 0) is 26.0 Å². The first-order chi connectivity index (χ1) is 8.89. The monoisotopic (exact) mass is 258 g/mol. The van der Waals surface area contributed by atoms with Crippen LogP contribution in [0.5, 0.6) is 0 Å². The van der Waals surface area contributed by atoms with Gasteiger partial charge < -0.3 is 15.5 Å². The Kier molecular flexibility index (Phi) is 3.11. The van der Waals surface area contributed by atoms with E-state index < -0.39 is 5.54 Å². The number of likely N-dealkylation sites (N-methyl/N-ethyl adjacent to an activating group) is 1.